The lowest BCUT2D eigenvalue weighted by Gasteiger charge is -2.36. The number of fused-ring (bicyclic) bond motifs is 1. The summed E-state index contributed by atoms with van der Waals surface area (Å²) < 4.78 is 11.9. The van der Waals surface area contributed by atoms with Crippen molar-refractivity contribution in [2.24, 2.45) is 5.92 Å². The topological polar surface area (TPSA) is 138 Å². The Bertz CT molecular complexity index is 1170. The maximum Gasteiger partial charge on any atom is 0.410 e. The van der Waals surface area contributed by atoms with Gasteiger partial charge in [-0.1, -0.05) is 6.07 Å². The molecule has 224 valence electrons. The van der Waals surface area contributed by atoms with Crippen LogP contribution in [0.2, 0.25) is 0 Å². The molecule has 2 saturated heterocycles. The molecule has 3 fully saturated rings. The maximum atomic E-state index is 13.3. The zero-order valence-electron chi connectivity index (χ0n) is 24.2. The third kappa shape index (κ3) is 6.67. The fraction of sp³-hybridized carbons (Fsp3) is 0.667. The molecule has 2 atom stereocenters. The highest BCUT2D eigenvalue weighted by Crippen LogP contribution is 2.34. The number of carbonyl (C=O) groups excluding carboxylic acids is 4. The first kappa shape index (κ1) is 29.3. The highest BCUT2D eigenvalue weighted by molar-refractivity contribution is 6.25. The Balaban J connectivity index is 1.09. The van der Waals surface area contributed by atoms with Crippen molar-refractivity contribution >= 4 is 29.5 Å². The number of benzene rings is 1. The van der Waals surface area contributed by atoms with Crippen LogP contribution in [0.5, 0.6) is 0 Å². The van der Waals surface area contributed by atoms with Crippen LogP contribution in [0.1, 0.15) is 92.9 Å². The molecule has 1 aromatic rings. The van der Waals surface area contributed by atoms with E-state index in [1.54, 1.807) is 23.1 Å². The number of amides is 4. The van der Waals surface area contributed by atoms with Crippen LogP contribution in [-0.2, 0) is 14.3 Å². The summed E-state index contributed by atoms with van der Waals surface area (Å²) >= 11 is 0. The van der Waals surface area contributed by atoms with Crippen LogP contribution < -0.4 is 10.6 Å². The second-order valence-electron chi connectivity index (χ2n) is 12.7. The largest absolute Gasteiger partial charge is 0.444 e. The Kier molecular flexibility index (Phi) is 8.56. The van der Waals surface area contributed by atoms with Crippen LogP contribution in [0.25, 0.3) is 0 Å². The minimum absolute atomic E-state index is 0.154. The highest BCUT2D eigenvalue weighted by atomic mass is 16.6. The molecule has 3 N–H and O–H groups in total. The van der Waals surface area contributed by atoms with Gasteiger partial charge in [0.2, 0.25) is 5.91 Å². The number of rotatable bonds is 6. The third-order valence-electron chi connectivity index (χ3n) is 8.44. The molecule has 3 heterocycles. The number of anilines is 1. The SMILES string of the molecule is CC(C)(C)OC(=O)N1CCC(OC2CCC(CNc3cccc4c3C(=O)N(C3CCC(O)NC3=O)C4=O)CC2)CC1. The molecular weight excluding hydrogens is 528 g/mol. The van der Waals surface area contributed by atoms with E-state index in [-0.39, 0.29) is 31.1 Å². The van der Waals surface area contributed by atoms with Gasteiger partial charge in [-0.25, -0.2) is 4.79 Å². The second kappa shape index (κ2) is 12.0. The van der Waals surface area contributed by atoms with Gasteiger partial charge in [0.05, 0.1) is 23.3 Å². The summed E-state index contributed by atoms with van der Waals surface area (Å²) in [5.41, 5.74) is 0.721. The van der Waals surface area contributed by atoms with Gasteiger partial charge in [0, 0.05) is 25.3 Å². The molecule has 5 rings (SSSR count). The average molecular weight is 571 g/mol. The summed E-state index contributed by atoms with van der Waals surface area (Å²) in [5.74, 6) is -1.05. The number of aliphatic hydroxyl groups is 1. The molecule has 1 aromatic carbocycles. The lowest BCUT2D eigenvalue weighted by atomic mass is 9.87. The van der Waals surface area contributed by atoms with Crippen LogP contribution in [0, 0.1) is 5.92 Å². The highest BCUT2D eigenvalue weighted by Gasteiger charge is 2.45. The van der Waals surface area contributed by atoms with Crippen LogP contribution >= 0.6 is 0 Å². The number of nitrogens with one attached hydrogen (secondary N) is 2. The van der Waals surface area contributed by atoms with E-state index in [1.807, 2.05) is 20.8 Å². The number of hydrogen-bond acceptors (Lipinski definition) is 8. The van der Waals surface area contributed by atoms with Crippen LogP contribution in [0.3, 0.4) is 0 Å². The quantitative estimate of drug-likeness (QED) is 0.443. The first-order valence-corrected chi connectivity index (χ1v) is 14.9. The number of aliphatic hydroxyl groups excluding tert-OH is 1. The Labute approximate surface area is 240 Å². The zero-order chi connectivity index (χ0) is 29.3. The summed E-state index contributed by atoms with van der Waals surface area (Å²) in [7, 11) is 0. The molecule has 2 unspecified atom stereocenters. The fourth-order valence-corrected chi connectivity index (χ4v) is 6.26. The molecule has 0 spiro atoms. The van der Waals surface area contributed by atoms with Crippen LogP contribution in [-0.4, -0.2) is 88.4 Å². The van der Waals surface area contributed by atoms with Crippen LogP contribution in [0.4, 0.5) is 10.5 Å². The molecular formula is C30H42N4O7. The molecule has 0 radical (unpaired) electrons. The minimum atomic E-state index is -0.955. The van der Waals surface area contributed by atoms with Crippen molar-refractivity contribution in [1.29, 1.82) is 0 Å². The first-order chi connectivity index (χ1) is 19.5. The molecule has 11 nitrogen and oxygen atoms in total. The predicted octanol–water partition coefficient (Wildman–Crippen LogP) is 3.27. The third-order valence-corrected chi connectivity index (χ3v) is 8.44. The molecule has 0 aromatic heterocycles. The van der Waals surface area contributed by atoms with Gasteiger partial charge in [0.25, 0.3) is 11.8 Å². The lowest BCUT2D eigenvalue weighted by molar-refractivity contribution is -0.131. The van der Waals surface area contributed by atoms with E-state index in [0.717, 1.165) is 43.4 Å². The minimum Gasteiger partial charge on any atom is -0.444 e. The van der Waals surface area contributed by atoms with Gasteiger partial charge >= 0.3 is 6.09 Å². The first-order valence-electron chi connectivity index (χ1n) is 14.9. The fourth-order valence-electron chi connectivity index (χ4n) is 6.26. The van der Waals surface area contributed by atoms with Crippen molar-refractivity contribution in [2.45, 2.75) is 102 Å². The van der Waals surface area contributed by atoms with E-state index < -0.39 is 35.6 Å². The number of imide groups is 1. The Morgan fingerprint density at radius 2 is 1.66 bits per heavy atom. The molecule has 4 aliphatic rings. The van der Waals surface area contributed by atoms with Gasteiger partial charge in [-0.15, -0.1) is 0 Å². The number of piperidine rings is 2. The average Bonchev–Trinajstić information content (AvgIpc) is 3.18. The Hall–Kier alpha value is -3.18. The van der Waals surface area contributed by atoms with E-state index in [2.05, 4.69) is 10.6 Å². The normalized spacial score (nSPS) is 27.5. The molecule has 0 bridgehead atoms. The van der Waals surface area contributed by atoms with Crippen LogP contribution in [0.15, 0.2) is 18.2 Å². The second-order valence-corrected chi connectivity index (χ2v) is 12.7. The van der Waals surface area contributed by atoms with Crippen molar-refractivity contribution in [3.05, 3.63) is 29.3 Å². The molecule has 11 heteroatoms. The summed E-state index contributed by atoms with van der Waals surface area (Å²) in [4.78, 5) is 54.0. The van der Waals surface area contributed by atoms with Gasteiger partial charge in [-0.05, 0) is 90.2 Å². The molecule has 3 aliphatic heterocycles. The maximum absolute atomic E-state index is 13.3. The summed E-state index contributed by atoms with van der Waals surface area (Å²) in [5, 5.41) is 15.5. The van der Waals surface area contributed by atoms with Gasteiger partial charge in [-0.3, -0.25) is 19.3 Å². The summed E-state index contributed by atoms with van der Waals surface area (Å²) in [6.45, 7) is 7.59. The van der Waals surface area contributed by atoms with Crippen molar-refractivity contribution in [3.8, 4) is 0 Å². The monoisotopic (exact) mass is 570 g/mol. The number of ether oxygens (including phenoxy) is 2. The molecule has 4 amide bonds. The zero-order valence-corrected chi connectivity index (χ0v) is 24.2. The predicted molar refractivity (Wildman–Crippen MR) is 150 cm³/mol. The molecule has 41 heavy (non-hydrogen) atoms. The van der Waals surface area contributed by atoms with Gasteiger partial charge in [0.15, 0.2) is 0 Å². The standard InChI is InChI=1S/C30H42N4O7/c1-30(2,3)41-29(39)33-15-13-20(14-16-33)40-19-9-7-18(8-10-19)17-31-22-6-4-5-21-25(22)28(38)34(27(21)37)23-11-12-24(35)32-26(23)36/h4-6,18-20,23-24,31,35H,7-17H2,1-3H3,(H,32,36). The van der Waals surface area contributed by atoms with Gasteiger partial charge in [-0.2, -0.15) is 0 Å². The van der Waals surface area contributed by atoms with E-state index >= 15 is 0 Å². The number of nitrogens with zero attached hydrogens (tertiary/aromatic N) is 2. The smallest absolute Gasteiger partial charge is 0.410 e. The Morgan fingerprint density at radius 1 is 0.976 bits per heavy atom. The van der Waals surface area contributed by atoms with Crippen molar-refractivity contribution < 1.29 is 33.8 Å². The van der Waals surface area contributed by atoms with E-state index in [0.29, 0.717) is 42.4 Å². The van der Waals surface area contributed by atoms with Crippen molar-refractivity contribution in [1.82, 2.24) is 15.1 Å². The lowest BCUT2D eigenvalue weighted by Crippen LogP contribution is -2.55. The van der Waals surface area contributed by atoms with E-state index in [9.17, 15) is 24.3 Å². The summed E-state index contributed by atoms with van der Waals surface area (Å²) in [6, 6.07) is 4.26. The molecule has 1 aliphatic carbocycles. The Morgan fingerprint density at radius 3 is 2.32 bits per heavy atom. The van der Waals surface area contributed by atoms with E-state index in [4.69, 9.17) is 9.47 Å². The van der Waals surface area contributed by atoms with Gasteiger partial charge in [0.1, 0.15) is 17.9 Å². The summed E-state index contributed by atoms with van der Waals surface area (Å²) in [6.07, 6.45) is 5.19. The number of likely N-dealkylation sites (tertiary alicyclic amines) is 1. The van der Waals surface area contributed by atoms with Crippen molar-refractivity contribution in [3.63, 3.8) is 0 Å². The van der Waals surface area contributed by atoms with E-state index in [1.165, 1.54) is 0 Å². The number of hydrogen-bond donors (Lipinski definition) is 3. The van der Waals surface area contributed by atoms with Gasteiger partial charge < -0.3 is 30.1 Å². The molecule has 1 saturated carbocycles. The number of carbonyl (C=O) groups is 4. The van der Waals surface area contributed by atoms with Crippen molar-refractivity contribution in [2.75, 3.05) is 25.0 Å².